The van der Waals surface area contributed by atoms with E-state index < -0.39 is 12.0 Å². The number of nitrogens with one attached hydrogen (secondary N) is 2. The van der Waals surface area contributed by atoms with Crippen molar-refractivity contribution in [3.63, 3.8) is 0 Å². The molecule has 2 unspecified atom stereocenters. The van der Waals surface area contributed by atoms with E-state index in [-0.39, 0.29) is 17.3 Å². The molecule has 0 aliphatic rings. The molecular formula is C15H19N3O3. The maximum Gasteiger partial charge on any atom is 0.287 e. The van der Waals surface area contributed by atoms with Crippen molar-refractivity contribution in [1.82, 2.24) is 15.3 Å². The Labute approximate surface area is 122 Å². The van der Waals surface area contributed by atoms with Crippen LogP contribution in [0.2, 0.25) is 0 Å². The number of fused-ring (bicyclic) bond motifs is 1. The number of hydrogen-bond donors (Lipinski definition) is 3. The van der Waals surface area contributed by atoms with Gasteiger partial charge in [0.25, 0.3) is 11.5 Å². The monoisotopic (exact) mass is 289 g/mol. The zero-order valence-electron chi connectivity index (χ0n) is 12.1. The summed E-state index contributed by atoms with van der Waals surface area (Å²) < 4.78 is 0. The van der Waals surface area contributed by atoms with Crippen LogP contribution in [0.1, 0.15) is 30.9 Å². The molecule has 0 bridgehead atoms. The average molecular weight is 289 g/mol. The van der Waals surface area contributed by atoms with E-state index in [1.165, 1.54) is 0 Å². The molecule has 1 heterocycles. The fourth-order valence-electron chi connectivity index (χ4n) is 2.21. The molecule has 1 aromatic carbocycles. The Balaban J connectivity index is 2.11. The van der Waals surface area contributed by atoms with Gasteiger partial charge in [-0.05, 0) is 31.4 Å². The number of aliphatic hydroxyl groups is 1. The van der Waals surface area contributed by atoms with Crippen molar-refractivity contribution in [1.29, 1.82) is 0 Å². The van der Waals surface area contributed by atoms with Gasteiger partial charge in [-0.25, -0.2) is 4.98 Å². The van der Waals surface area contributed by atoms with Crippen molar-refractivity contribution in [2.24, 2.45) is 5.92 Å². The molecule has 0 radical (unpaired) electrons. The van der Waals surface area contributed by atoms with Crippen molar-refractivity contribution in [2.45, 2.75) is 26.4 Å². The van der Waals surface area contributed by atoms with Crippen LogP contribution in [0.4, 0.5) is 0 Å². The first kappa shape index (κ1) is 15.2. The minimum absolute atomic E-state index is 0.00273. The summed E-state index contributed by atoms with van der Waals surface area (Å²) in [6.45, 7) is 4.06. The van der Waals surface area contributed by atoms with Gasteiger partial charge >= 0.3 is 0 Å². The first-order valence-electron chi connectivity index (χ1n) is 6.92. The molecule has 1 aromatic heterocycles. The topological polar surface area (TPSA) is 95.1 Å². The number of benzene rings is 1. The number of amides is 1. The number of aromatic amines is 1. The molecule has 0 saturated carbocycles. The number of nitrogens with zero attached hydrogens (tertiary/aromatic N) is 1. The fraction of sp³-hybridized carbons (Fsp3) is 0.400. The Hall–Kier alpha value is -2.21. The Morgan fingerprint density at radius 3 is 2.81 bits per heavy atom. The molecule has 2 atom stereocenters. The van der Waals surface area contributed by atoms with E-state index in [0.717, 1.165) is 0 Å². The normalized spacial score (nSPS) is 13.9. The quantitative estimate of drug-likeness (QED) is 0.767. The SMILES string of the molecule is CC(O)CC(C)CNC(=O)c1nc2ccccc2c(=O)[nH]1. The molecule has 2 aromatic rings. The highest BCUT2D eigenvalue weighted by atomic mass is 16.3. The number of carbonyl (C=O) groups is 1. The molecule has 112 valence electrons. The summed E-state index contributed by atoms with van der Waals surface area (Å²) >= 11 is 0. The number of aliphatic hydroxyl groups excluding tert-OH is 1. The summed E-state index contributed by atoms with van der Waals surface area (Å²) in [5.74, 6) is -0.278. The van der Waals surface area contributed by atoms with Gasteiger partial charge in [-0.15, -0.1) is 0 Å². The van der Waals surface area contributed by atoms with E-state index >= 15 is 0 Å². The van der Waals surface area contributed by atoms with Crippen LogP contribution in [0, 0.1) is 5.92 Å². The summed E-state index contributed by atoms with van der Waals surface area (Å²) in [7, 11) is 0. The second-order valence-corrected chi connectivity index (χ2v) is 5.33. The van der Waals surface area contributed by atoms with Crippen molar-refractivity contribution >= 4 is 16.8 Å². The zero-order valence-corrected chi connectivity index (χ0v) is 12.1. The van der Waals surface area contributed by atoms with E-state index in [2.05, 4.69) is 15.3 Å². The molecule has 21 heavy (non-hydrogen) atoms. The fourth-order valence-corrected chi connectivity index (χ4v) is 2.21. The molecule has 0 fully saturated rings. The Morgan fingerprint density at radius 1 is 1.38 bits per heavy atom. The van der Waals surface area contributed by atoms with Crippen LogP contribution in [0.5, 0.6) is 0 Å². The summed E-state index contributed by atoms with van der Waals surface area (Å²) in [5, 5.41) is 12.5. The van der Waals surface area contributed by atoms with E-state index in [1.807, 2.05) is 6.92 Å². The predicted molar refractivity (Wildman–Crippen MR) is 80.2 cm³/mol. The summed E-state index contributed by atoms with van der Waals surface area (Å²) in [6.07, 6.45) is 0.192. The molecule has 0 spiro atoms. The van der Waals surface area contributed by atoms with Crippen molar-refractivity contribution < 1.29 is 9.90 Å². The van der Waals surface area contributed by atoms with Crippen LogP contribution in [0.15, 0.2) is 29.1 Å². The van der Waals surface area contributed by atoms with Gasteiger partial charge in [0.05, 0.1) is 17.0 Å². The summed E-state index contributed by atoms with van der Waals surface area (Å²) in [5.41, 5.74) is 0.159. The lowest BCUT2D eigenvalue weighted by Crippen LogP contribution is -2.32. The van der Waals surface area contributed by atoms with Gasteiger partial charge in [-0.3, -0.25) is 9.59 Å². The molecule has 2 rings (SSSR count). The molecule has 1 amide bonds. The highest BCUT2D eigenvalue weighted by molar-refractivity contribution is 5.92. The van der Waals surface area contributed by atoms with Gasteiger partial charge in [-0.1, -0.05) is 19.1 Å². The van der Waals surface area contributed by atoms with E-state index in [4.69, 9.17) is 0 Å². The minimum atomic E-state index is -0.421. The highest BCUT2D eigenvalue weighted by Gasteiger charge is 2.13. The number of rotatable bonds is 5. The third-order valence-corrected chi connectivity index (χ3v) is 3.18. The van der Waals surface area contributed by atoms with E-state index in [1.54, 1.807) is 31.2 Å². The van der Waals surface area contributed by atoms with Crippen LogP contribution in [0.25, 0.3) is 10.9 Å². The van der Waals surface area contributed by atoms with Crippen molar-refractivity contribution in [2.75, 3.05) is 6.54 Å². The standard InChI is InChI=1S/C15H19N3O3/c1-9(7-10(2)19)8-16-15(21)13-17-12-6-4-3-5-11(12)14(20)18-13/h3-6,9-10,19H,7-8H2,1-2H3,(H,16,21)(H,17,18,20). The largest absolute Gasteiger partial charge is 0.393 e. The number of aromatic nitrogens is 2. The lowest BCUT2D eigenvalue weighted by atomic mass is 10.0. The molecule has 0 aliphatic heterocycles. The van der Waals surface area contributed by atoms with Crippen LogP contribution in [0.3, 0.4) is 0 Å². The lowest BCUT2D eigenvalue weighted by Gasteiger charge is -2.13. The number of hydrogen-bond acceptors (Lipinski definition) is 4. The van der Waals surface area contributed by atoms with Crippen LogP contribution in [-0.2, 0) is 0 Å². The molecule has 0 saturated heterocycles. The lowest BCUT2D eigenvalue weighted by molar-refractivity contribution is 0.0929. The average Bonchev–Trinajstić information content (AvgIpc) is 2.44. The third-order valence-electron chi connectivity index (χ3n) is 3.18. The smallest absolute Gasteiger partial charge is 0.287 e. The van der Waals surface area contributed by atoms with Crippen LogP contribution >= 0.6 is 0 Å². The number of H-pyrrole nitrogens is 1. The van der Waals surface area contributed by atoms with E-state index in [9.17, 15) is 14.7 Å². The van der Waals surface area contributed by atoms with Gasteiger partial charge in [0.15, 0.2) is 5.82 Å². The molecule has 6 heteroatoms. The zero-order chi connectivity index (χ0) is 15.4. The first-order valence-corrected chi connectivity index (χ1v) is 6.92. The Morgan fingerprint density at radius 2 is 2.10 bits per heavy atom. The molecular weight excluding hydrogens is 270 g/mol. The Kier molecular flexibility index (Phi) is 4.70. The van der Waals surface area contributed by atoms with Gasteiger partial charge in [0.1, 0.15) is 0 Å². The van der Waals surface area contributed by atoms with E-state index in [0.29, 0.717) is 23.9 Å². The number of para-hydroxylation sites is 1. The highest BCUT2D eigenvalue weighted by Crippen LogP contribution is 2.06. The van der Waals surface area contributed by atoms with Gasteiger partial charge < -0.3 is 15.4 Å². The second kappa shape index (κ2) is 6.49. The van der Waals surface area contributed by atoms with Crippen molar-refractivity contribution in [3.05, 3.63) is 40.4 Å². The summed E-state index contributed by atoms with van der Waals surface area (Å²) in [6, 6.07) is 6.86. The minimum Gasteiger partial charge on any atom is -0.393 e. The maximum atomic E-state index is 12.0. The van der Waals surface area contributed by atoms with Crippen LogP contribution in [-0.4, -0.2) is 33.6 Å². The van der Waals surface area contributed by atoms with Crippen LogP contribution < -0.4 is 10.9 Å². The van der Waals surface area contributed by atoms with Crippen molar-refractivity contribution in [3.8, 4) is 0 Å². The second-order valence-electron chi connectivity index (χ2n) is 5.33. The maximum absolute atomic E-state index is 12.0. The third kappa shape index (κ3) is 3.88. The predicted octanol–water partition coefficient (Wildman–Crippen LogP) is 1.06. The number of carbonyl (C=O) groups excluding carboxylic acids is 1. The van der Waals surface area contributed by atoms with Gasteiger partial charge in [-0.2, -0.15) is 0 Å². The summed E-state index contributed by atoms with van der Waals surface area (Å²) in [4.78, 5) is 30.5. The molecule has 6 nitrogen and oxygen atoms in total. The molecule has 0 aliphatic carbocycles. The van der Waals surface area contributed by atoms with Gasteiger partial charge in [0.2, 0.25) is 0 Å². The first-order chi connectivity index (χ1) is 9.97. The van der Waals surface area contributed by atoms with Gasteiger partial charge in [0, 0.05) is 6.54 Å². The molecule has 3 N–H and O–H groups in total. The Bertz CT molecular complexity index is 694.